The van der Waals surface area contributed by atoms with Crippen molar-refractivity contribution in [3.05, 3.63) is 54.5 Å². The van der Waals surface area contributed by atoms with Gasteiger partial charge in [-0.2, -0.15) is 0 Å². The molecule has 4 rings (SSSR count). The van der Waals surface area contributed by atoms with Crippen LogP contribution in [-0.4, -0.2) is 53.5 Å². The van der Waals surface area contributed by atoms with Crippen LogP contribution in [0.4, 0.5) is 5.82 Å². The second-order valence-corrected chi connectivity index (χ2v) is 6.78. The lowest BCUT2D eigenvalue weighted by Gasteiger charge is -2.34. The highest BCUT2D eigenvalue weighted by atomic mass is 16.5. The fourth-order valence-corrected chi connectivity index (χ4v) is 3.59. The Hall–Kier alpha value is -3.19. The largest absolute Gasteiger partial charge is 0.405 e. The van der Waals surface area contributed by atoms with Crippen LogP contribution >= 0.6 is 0 Å². The van der Waals surface area contributed by atoms with Crippen molar-refractivity contribution >= 4 is 22.6 Å². The Morgan fingerprint density at radius 2 is 2.29 bits per heavy atom. The molecule has 1 saturated heterocycles. The number of morpholine rings is 1. The molecule has 0 amide bonds. The standard InChI is InChI=1S/C21H24N6O/c1-14-13-28-10-9-27(14)20-12-15(18(23-2)3-6-22)11-19(26-20)16-4-7-24-21-17(16)5-8-25-21/h3-8,11-12,14H,9-10,13,22H2,1-2H3,(H,24,25). The molecule has 3 aromatic rings. The molecule has 0 bridgehead atoms. The first-order valence-electron chi connectivity index (χ1n) is 9.35. The van der Waals surface area contributed by atoms with E-state index in [0.717, 1.165) is 45.9 Å². The molecule has 28 heavy (non-hydrogen) atoms. The quantitative estimate of drug-likeness (QED) is 0.683. The number of aliphatic imine (C=N–C) groups is 1. The molecule has 1 fully saturated rings. The SMILES string of the molecule is CN=C(C=CN)c1cc(-c2ccnc3[nH]ccc23)nc(N2CCOCC2C)c1. The van der Waals surface area contributed by atoms with Gasteiger partial charge in [-0.05, 0) is 43.5 Å². The Kier molecular flexibility index (Phi) is 5.08. The Morgan fingerprint density at radius 3 is 3.07 bits per heavy atom. The average Bonchev–Trinajstić information content (AvgIpc) is 3.21. The topological polar surface area (TPSA) is 92.4 Å². The first-order chi connectivity index (χ1) is 13.7. The lowest BCUT2D eigenvalue weighted by Crippen LogP contribution is -2.44. The molecule has 0 saturated carbocycles. The summed E-state index contributed by atoms with van der Waals surface area (Å²) in [7, 11) is 1.77. The smallest absolute Gasteiger partial charge is 0.137 e. The summed E-state index contributed by atoms with van der Waals surface area (Å²) in [5, 5.41) is 1.04. The van der Waals surface area contributed by atoms with E-state index in [-0.39, 0.29) is 6.04 Å². The number of nitrogens with one attached hydrogen (secondary N) is 1. The van der Waals surface area contributed by atoms with Gasteiger partial charge in [0, 0.05) is 42.5 Å². The zero-order valence-electron chi connectivity index (χ0n) is 16.1. The van der Waals surface area contributed by atoms with Crippen LogP contribution in [0.15, 0.2) is 53.9 Å². The molecule has 3 aromatic heterocycles. The van der Waals surface area contributed by atoms with Gasteiger partial charge < -0.3 is 20.4 Å². The number of aromatic nitrogens is 3. The molecule has 1 unspecified atom stereocenters. The summed E-state index contributed by atoms with van der Waals surface area (Å²) in [6, 6.07) is 8.40. The molecule has 1 aliphatic heterocycles. The van der Waals surface area contributed by atoms with Gasteiger partial charge in [0.1, 0.15) is 11.5 Å². The van der Waals surface area contributed by atoms with Crippen LogP contribution in [0.2, 0.25) is 0 Å². The van der Waals surface area contributed by atoms with E-state index in [1.54, 1.807) is 13.2 Å². The fraction of sp³-hybridized carbons (Fsp3) is 0.286. The van der Waals surface area contributed by atoms with E-state index in [4.69, 9.17) is 15.5 Å². The molecule has 7 nitrogen and oxygen atoms in total. The molecule has 0 radical (unpaired) electrons. The van der Waals surface area contributed by atoms with Crippen molar-refractivity contribution < 1.29 is 4.74 Å². The van der Waals surface area contributed by atoms with Crippen molar-refractivity contribution in [3.63, 3.8) is 0 Å². The van der Waals surface area contributed by atoms with Crippen molar-refractivity contribution in [2.45, 2.75) is 13.0 Å². The Morgan fingerprint density at radius 1 is 1.39 bits per heavy atom. The molecule has 0 aliphatic carbocycles. The summed E-state index contributed by atoms with van der Waals surface area (Å²) in [5.41, 5.74) is 10.2. The van der Waals surface area contributed by atoms with E-state index >= 15 is 0 Å². The summed E-state index contributed by atoms with van der Waals surface area (Å²) >= 11 is 0. The third-order valence-electron chi connectivity index (χ3n) is 5.00. The maximum atomic E-state index is 5.64. The van der Waals surface area contributed by atoms with E-state index in [1.807, 2.05) is 24.4 Å². The fourth-order valence-electron chi connectivity index (χ4n) is 3.59. The Balaban J connectivity index is 1.90. The zero-order chi connectivity index (χ0) is 19.5. The maximum absolute atomic E-state index is 5.64. The summed E-state index contributed by atoms with van der Waals surface area (Å²) in [6.07, 6.45) is 7.01. The van der Waals surface area contributed by atoms with E-state index < -0.39 is 0 Å². The van der Waals surface area contributed by atoms with Gasteiger partial charge in [0.25, 0.3) is 0 Å². The second-order valence-electron chi connectivity index (χ2n) is 6.78. The lowest BCUT2D eigenvalue weighted by molar-refractivity contribution is 0.0985. The number of H-pyrrole nitrogens is 1. The molecular formula is C21H24N6O. The van der Waals surface area contributed by atoms with E-state index in [2.05, 4.69) is 38.9 Å². The minimum absolute atomic E-state index is 0.251. The number of fused-ring (bicyclic) bond motifs is 1. The van der Waals surface area contributed by atoms with Gasteiger partial charge in [0.15, 0.2) is 0 Å². The second kappa shape index (κ2) is 7.82. The highest BCUT2D eigenvalue weighted by molar-refractivity contribution is 6.09. The highest BCUT2D eigenvalue weighted by Gasteiger charge is 2.22. The molecule has 0 aromatic carbocycles. The van der Waals surface area contributed by atoms with Crippen LogP contribution in [0.3, 0.4) is 0 Å². The van der Waals surface area contributed by atoms with Gasteiger partial charge in [-0.3, -0.25) is 4.99 Å². The van der Waals surface area contributed by atoms with Crippen LogP contribution < -0.4 is 10.6 Å². The maximum Gasteiger partial charge on any atom is 0.137 e. The van der Waals surface area contributed by atoms with Gasteiger partial charge >= 0.3 is 0 Å². The number of pyridine rings is 2. The molecule has 1 atom stereocenters. The minimum Gasteiger partial charge on any atom is -0.405 e. The van der Waals surface area contributed by atoms with Crippen LogP contribution in [0.1, 0.15) is 12.5 Å². The van der Waals surface area contributed by atoms with Crippen LogP contribution in [0.5, 0.6) is 0 Å². The number of nitrogens with zero attached hydrogens (tertiary/aromatic N) is 4. The molecule has 1 aliphatic rings. The molecular weight excluding hydrogens is 352 g/mol. The van der Waals surface area contributed by atoms with Gasteiger partial charge in [0.05, 0.1) is 30.7 Å². The number of ether oxygens (including phenoxy) is 1. The first-order valence-corrected chi connectivity index (χ1v) is 9.35. The van der Waals surface area contributed by atoms with E-state index in [0.29, 0.717) is 13.2 Å². The third-order valence-corrected chi connectivity index (χ3v) is 5.00. The number of hydrogen-bond acceptors (Lipinski definition) is 6. The number of hydrogen-bond donors (Lipinski definition) is 2. The van der Waals surface area contributed by atoms with Crippen molar-refractivity contribution in [3.8, 4) is 11.3 Å². The van der Waals surface area contributed by atoms with Crippen molar-refractivity contribution in [1.29, 1.82) is 0 Å². The molecule has 7 heteroatoms. The van der Waals surface area contributed by atoms with Crippen LogP contribution in [-0.2, 0) is 4.74 Å². The number of rotatable bonds is 4. The summed E-state index contributed by atoms with van der Waals surface area (Å²) < 4.78 is 5.60. The van der Waals surface area contributed by atoms with Crippen molar-refractivity contribution in [2.75, 3.05) is 31.7 Å². The van der Waals surface area contributed by atoms with Gasteiger partial charge in [-0.15, -0.1) is 0 Å². The number of aromatic amines is 1. The molecule has 0 spiro atoms. The van der Waals surface area contributed by atoms with Gasteiger partial charge in [0.2, 0.25) is 0 Å². The summed E-state index contributed by atoms with van der Waals surface area (Å²) in [5.74, 6) is 0.912. The van der Waals surface area contributed by atoms with E-state index in [1.165, 1.54) is 6.20 Å². The zero-order valence-corrected chi connectivity index (χ0v) is 16.1. The summed E-state index contributed by atoms with van der Waals surface area (Å²) in [4.78, 5) is 19.2. The van der Waals surface area contributed by atoms with E-state index in [9.17, 15) is 0 Å². The minimum atomic E-state index is 0.251. The Labute approximate surface area is 164 Å². The first kappa shape index (κ1) is 18.2. The van der Waals surface area contributed by atoms with Crippen LogP contribution in [0.25, 0.3) is 22.3 Å². The molecule has 144 valence electrons. The van der Waals surface area contributed by atoms with Gasteiger partial charge in [-0.25, -0.2) is 9.97 Å². The normalized spacial score (nSPS) is 18.3. The van der Waals surface area contributed by atoms with Gasteiger partial charge in [-0.1, -0.05) is 0 Å². The predicted molar refractivity (Wildman–Crippen MR) is 113 cm³/mol. The number of nitrogens with two attached hydrogens (primary N) is 1. The predicted octanol–water partition coefficient (Wildman–Crippen LogP) is 2.74. The molecule has 4 heterocycles. The van der Waals surface area contributed by atoms with Crippen molar-refractivity contribution in [1.82, 2.24) is 15.0 Å². The lowest BCUT2D eigenvalue weighted by atomic mass is 10.0. The number of anilines is 1. The third kappa shape index (κ3) is 3.36. The van der Waals surface area contributed by atoms with Crippen molar-refractivity contribution in [2.24, 2.45) is 10.7 Å². The highest BCUT2D eigenvalue weighted by Crippen LogP contribution is 2.30. The van der Waals surface area contributed by atoms with Crippen LogP contribution in [0, 0.1) is 0 Å². The average molecular weight is 376 g/mol. The monoisotopic (exact) mass is 376 g/mol. The number of allylic oxidation sites excluding steroid dienone is 1. The Bertz CT molecular complexity index is 1040. The summed E-state index contributed by atoms with van der Waals surface area (Å²) in [6.45, 7) is 4.34. The molecule has 3 N–H and O–H groups in total.